The summed E-state index contributed by atoms with van der Waals surface area (Å²) in [5.41, 5.74) is 1.38. The first-order chi connectivity index (χ1) is 9.06. The van der Waals surface area contributed by atoms with Crippen LogP contribution in [0, 0.1) is 6.92 Å². The number of benzene rings is 1. The van der Waals surface area contributed by atoms with Crippen LogP contribution < -0.4 is 5.32 Å². The van der Waals surface area contributed by atoms with Crippen molar-refractivity contribution in [2.45, 2.75) is 13.5 Å². The van der Waals surface area contributed by atoms with Crippen LogP contribution in [0.1, 0.15) is 15.9 Å². The maximum atomic E-state index is 12.0. The molecule has 0 saturated heterocycles. The Kier molecular flexibility index (Phi) is 3.56. The van der Waals surface area contributed by atoms with E-state index in [-0.39, 0.29) is 18.3 Å². The highest BCUT2D eigenvalue weighted by Crippen LogP contribution is 2.09. The summed E-state index contributed by atoms with van der Waals surface area (Å²) in [6.07, 6.45) is 1.37. The molecule has 0 atom stereocenters. The van der Waals surface area contributed by atoms with Crippen LogP contribution in [0.5, 0.6) is 0 Å². The fourth-order valence-electron chi connectivity index (χ4n) is 1.58. The van der Waals surface area contributed by atoms with Crippen LogP contribution in [0.4, 0.5) is 5.82 Å². The van der Waals surface area contributed by atoms with E-state index >= 15 is 0 Å². The molecule has 1 aromatic carbocycles. The molecule has 0 fully saturated rings. The maximum Gasteiger partial charge on any atom is 0.325 e. The van der Waals surface area contributed by atoms with Crippen LogP contribution in [0.3, 0.4) is 0 Å². The first kappa shape index (κ1) is 12.7. The first-order valence-corrected chi connectivity index (χ1v) is 5.55. The SMILES string of the molecule is Cc1ccccc1C(=O)Nc1cn(CC(=O)O)nn1. The molecular weight excluding hydrogens is 248 g/mol. The van der Waals surface area contributed by atoms with Crippen molar-refractivity contribution < 1.29 is 14.7 Å². The number of nitrogens with one attached hydrogen (secondary N) is 1. The van der Waals surface area contributed by atoms with Gasteiger partial charge in [0.2, 0.25) is 0 Å². The van der Waals surface area contributed by atoms with Gasteiger partial charge in [-0.2, -0.15) is 0 Å². The molecule has 0 unspecified atom stereocenters. The van der Waals surface area contributed by atoms with Gasteiger partial charge < -0.3 is 10.4 Å². The summed E-state index contributed by atoms with van der Waals surface area (Å²) >= 11 is 0. The van der Waals surface area contributed by atoms with Crippen molar-refractivity contribution in [3.05, 3.63) is 41.6 Å². The molecule has 1 heterocycles. The molecule has 0 spiro atoms. The molecule has 19 heavy (non-hydrogen) atoms. The van der Waals surface area contributed by atoms with Gasteiger partial charge >= 0.3 is 5.97 Å². The van der Waals surface area contributed by atoms with Crippen molar-refractivity contribution in [2.75, 3.05) is 5.32 Å². The molecule has 0 radical (unpaired) electrons. The van der Waals surface area contributed by atoms with Crippen molar-refractivity contribution in [3.8, 4) is 0 Å². The Balaban J connectivity index is 2.09. The van der Waals surface area contributed by atoms with Crippen LogP contribution in [-0.4, -0.2) is 32.0 Å². The van der Waals surface area contributed by atoms with Gasteiger partial charge in [-0.25, -0.2) is 4.68 Å². The van der Waals surface area contributed by atoms with E-state index in [0.717, 1.165) is 10.2 Å². The monoisotopic (exact) mass is 260 g/mol. The summed E-state index contributed by atoms with van der Waals surface area (Å²) in [5.74, 6) is -1.11. The van der Waals surface area contributed by atoms with Crippen molar-refractivity contribution in [1.29, 1.82) is 0 Å². The minimum absolute atomic E-state index is 0.217. The predicted molar refractivity (Wildman–Crippen MR) is 66.8 cm³/mol. The zero-order valence-electron chi connectivity index (χ0n) is 10.2. The van der Waals surface area contributed by atoms with E-state index in [1.807, 2.05) is 19.1 Å². The molecule has 2 aromatic rings. The zero-order chi connectivity index (χ0) is 13.8. The van der Waals surface area contributed by atoms with Crippen LogP contribution in [-0.2, 0) is 11.3 Å². The molecule has 0 aliphatic heterocycles. The molecular formula is C12H12N4O3. The minimum atomic E-state index is -1.03. The van der Waals surface area contributed by atoms with E-state index in [4.69, 9.17) is 5.11 Å². The number of carboxylic acids is 1. The largest absolute Gasteiger partial charge is 0.480 e. The van der Waals surface area contributed by atoms with Gasteiger partial charge in [-0.15, -0.1) is 5.10 Å². The number of carbonyl (C=O) groups excluding carboxylic acids is 1. The van der Waals surface area contributed by atoms with E-state index in [0.29, 0.717) is 5.56 Å². The summed E-state index contributed by atoms with van der Waals surface area (Å²) < 4.78 is 1.13. The van der Waals surface area contributed by atoms with E-state index in [1.54, 1.807) is 12.1 Å². The quantitative estimate of drug-likeness (QED) is 0.852. The molecule has 0 aliphatic rings. The van der Waals surface area contributed by atoms with Crippen molar-refractivity contribution >= 4 is 17.7 Å². The Morgan fingerprint density at radius 2 is 2.11 bits per heavy atom. The van der Waals surface area contributed by atoms with Gasteiger partial charge in [0, 0.05) is 5.56 Å². The summed E-state index contributed by atoms with van der Waals surface area (Å²) in [7, 11) is 0. The van der Waals surface area contributed by atoms with Gasteiger partial charge in [0.25, 0.3) is 5.91 Å². The number of aliphatic carboxylic acids is 1. The van der Waals surface area contributed by atoms with Gasteiger partial charge in [-0.1, -0.05) is 23.4 Å². The Labute approximate surface area is 108 Å². The molecule has 0 saturated carbocycles. The number of rotatable bonds is 4. The lowest BCUT2D eigenvalue weighted by Crippen LogP contribution is -2.13. The second kappa shape index (κ2) is 5.30. The summed E-state index contributed by atoms with van der Waals surface area (Å²) in [6.45, 7) is 1.53. The molecule has 98 valence electrons. The maximum absolute atomic E-state index is 12.0. The average molecular weight is 260 g/mol. The number of carboxylic acid groups (broad SMARTS) is 1. The lowest BCUT2D eigenvalue weighted by molar-refractivity contribution is -0.137. The number of hydrogen-bond donors (Lipinski definition) is 2. The summed E-state index contributed by atoms with van der Waals surface area (Å²) in [4.78, 5) is 22.5. The van der Waals surface area contributed by atoms with Gasteiger partial charge in [0.1, 0.15) is 6.54 Å². The Morgan fingerprint density at radius 3 is 2.79 bits per heavy atom. The van der Waals surface area contributed by atoms with Crippen LogP contribution in [0.2, 0.25) is 0 Å². The molecule has 2 rings (SSSR count). The standard InChI is InChI=1S/C12H12N4O3/c1-8-4-2-3-5-9(8)12(19)13-10-6-16(15-14-10)7-11(17)18/h2-6H,7H2,1H3,(H,13,19)(H,17,18). The van der Waals surface area contributed by atoms with Crippen molar-refractivity contribution in [1.82, 2.24) is 15.0 Å². The topological polar surface area (TPSA) is 97.1 Å². The normalized spacial score (nSPS) is 10.2. The van der Waals surface area contributed by atoms with Crippen LogP contribution in [0.25, 0.3) is 0 Å². The van der Waals surface area contributed by atoms with Gasteiger partial charge in [-0.05, 0) is 18.6 Å². The van der Waals surface area contributed by atoms with Crippen LogP contribution in [0.15, 0.2) is 30.5 Å². The Hall–Kier alpha value is -2.70. The number of hydrogen-bond acceptors (Lipinski definition) is 4. The highest BCUT2D eigenvalue weighted by atomic mass is 16.4. The van der Waals surface area contributed by atoms with E-state index in [9.17, 15) is 9.59 Å². The fourth-order valence-corrected chi connectivity index (χ4v) is 1.58. The van der Waals surface area contributed by atoms with E-state index < -0.39 is 5.97 Å². The van der Waals surface area contributed by atoms with Crippen molar-refractivity contribution in [2.24, 2.45) is 0 Å². The second-order valence-corrected chi connectivity index (χ2v) is 3.96. The number of aromatic nitrogens is 3. The highest BCUT2D eigenvalue weighted by molar-refractivity contribution is 6.04. The zero-order valence-corrected chi connectivity index (χ0v) is 10.2. The second-order valence-electron chi connectivity index (χ2n) is 3.96. The van der Waals surface area contributed by atoms with Gasteiger partial charge in [0.15, 0.2) is 5.82 Å². The van der Waals surface area contributed by atoms with E-state index in [2.05, 4.69) is 15.6 Å². The van der Waals surface area contributed by atoms with Crippen LogP contribution >= 0.6 is 0 Å². The van der Waals surface area contributed by atoms with Crippen molar-refractivity contribution in [3.63, 3.8) is 0 Å². The lowest BCUT2D eigenvalue weighted by Gasteiger charge is -2.04. The molecule has 7 heteroatoms. The van der Waals surface area contributed by atoms with E-state index in [1.165, 1.54) is 6.20 Å². The number of nitrogens with zero attached hydrogens (tertiary/aromatic N) is 3. The lowest BCUT2D eigenvalue weighted by atomic mass is 10.1. The molecule has 7 nitrogen and oxygen atoms in total. The molecule has 1 aromatic heterocycles. The number of anilines is 1. The Morgan fingerprint density at radius 1 is 1.37 bits per heavy atom. The number of amides is 1. The highest BCUT2D eigenvalue weighted by Gasteiger charge is 2.11. The smallest absolute Gasteiger partial charge is 0.325 e. The predicted octanol–water partition coefficient (Wildman–Crippen LogP) is 0.923. The van der Waals surface area contributed by atoms with Gasteiger partial charge in [-0.3, -0.25) is 9.59 Å². The summed E-state index contributed by atoms with van der Waals surface area (Å²) in [6, 6.07) is 7.14. The average Bonchev–Trinajstić information content (AvgIpc) is 2.76. The third-order valence-electron chi connectivity index (χ3n) is 2.47. The Bertz CT molecular complexity index is 621. The fraction of sp³-hybridized carbons (Fsp3) is 0.167. The molecule has 0 bridgehead atoms. The third kappa shape index (κ3) is 3.15. The number of carbonyl (C=O) groups is 2. The number of aryl methyl sites for hydroxylation is 1. The third-order valence-corrected chi connectivity index (χ3v) is 2.47. The van der Waals surface area contributed by atoms with Gasteiger partial charge in [0.05, 0.1) is 6.20 Å². The first-order valence-electron chi connectivity index (χ1n) is 5.55. The molecule has 2 N–H and O–H groups in total. The molecule has 0 aliphatic carbocycles. The summed E-state index contributed by atoms with van der Waals surface area (Å²) in [5, 5.41) is 18.4. The molecule has 1 amide bonds. The minimum Gasteiger partial charge on any atom is -0.480 e.